The summed E-state index contributed by atoms with van der Waals surface area (Å²) in [6.07, 6.45) is 1.88. The van der Waals surface area contributed by atoms with Crippen LogP contribution in [0.1, 0.15) is 5.69 Å². The SMILES string of the molecule is CSc1nc(C)cc(=O)n1-c1ccccc1Cl. The first-order valence-corrected chi connectivity index (χ1v) is 6.63. The van der Waals surface area contributed by atoms with Crippen LogP contribution < -0.4 is 5.56 Å². The Morgan fingerprint density at radius 1 is 1.35 bits per heavy atom. The van der Waals surface area contributed by atoms with E-state index in [0.29, 0.717) is 21.6 Å². The maximum absolute atomic E-state index is 12.0. The predicted octanol–water partition coefficient (Wildman–Crippen LogP) is 2.92. The van der Waals surface area contributed by atoms with Gasteiger partial charge in [-0.1, -0.05) is 35.5 Å². The minimum absolute atomic E-state index is 0.116. The van der Waals surface area contributed by atoms with Crippen LogP contribution in [0, 0.1) is 6.92 Å². The van der Waals surface area contributed by atoms with Crippen molar-refractivity contribution < 1.29 is 0 Å². The van der Waals surface area contributed by atoms with Crippen LogP contribution in [0.3, 0.4) is 0 Å². The zero-order chi connectivity index (χ0) is 12.4. The molecule has 0 atom stereocenters. The average molecular weight is 267 g/mol. The van der Waals surface area contributed by atoms with Gasteiger partial charge in [0.2, 0.25) is 0 Å². The summed E-state index contributed by atoms with van der Waals surface area (Å²) >= 11 is 7.52. The highest BCUT2D eigenvalue weighted by atomic mass is 35.5. The second-order valence-electron chi connectivity index (χ2n) is 3.51. The van der Waals surface area contributed by atoms with Gasteiger partial charge in [-0.3, -0.25) is 9.36 Å². The Hall–Kier alpha value is -1.26. The second-order valence-corrected chi connectivity index (χ2v) is 4.69. The Labute approximate surface area is 108 Å². The van der Waals surface area contributed by atoms with Crippen LogP contribution in [0.4, 0.5) is 0 Å². The third kappa shape index (κ3) is 2.37. The monoisotopic (exact) mass is 266 g/mol. The van der Waals surface area contributed by atoms with Crippen molar-refractivity contribution in [2.45, 2.75) is 12.1 Å². The smallest absolute Gasteiger partial charge is 0.259 e. The number of para-hydroxylation sites is 1. The summed E-state index contributed by atoms with van der Waals surface area (Å²) in [7, 11) is 0. The lowest BCUT2D eigenvalue weighted by Crippen LogP contribution is -2.21. The summed E-state index contributed by atoms with van der Waals surface area (Å²) < 4.78 is 1.53. The highest BCUT2D eigenvalue weighted by molar-refractivity contribution is 7.98. The fourth-order valence-electron chi connectivity index (χ4n) is 1.56. The standard InChI is InChI=1S/C12H11ClN2OS/c1-8-7-11(16)15(12(14-8)17-2)10-6-4-3-5-9(10)13/h3-7H,1-2H3. The number of aryl methyl sites for hydroxylation is 1. The van der Waals surface area contributed by atoms with Gasteiger partial charge in [0, 0.05) is 11.8 Å². The largest absolute Gasteiger partial charge is 0.269 e. The molecule has 2 aromatic rings. The van der Waals surface area contributed by atoms with E-state index in [1.54, 1.807) is 19.1 Å². The fourth-order valence-corrected chi connectivity index (χ4v) is 2.39. The molecule has 0 unspecified atom stereocenters. The van der Waals surface area contributed by atoms with Crippen molar-refractivity contribution in [2.75, 3.05) is 6.26 Å². The van der Waals surface area contributed by atoms with Gasteiger partial charge in [-0.2, -0.15) is 0 Å². The first-order valence-electron chi connectivity index (χ1n) is 5.03. The van der Waals surface area contributed by atoms with Crippen molar-refractivity contribution in [3.8, 4) is 5.69 Å². The first kappa shape index (κ1) is 12.2. The number of aromatic nitrogens is 2. The van der Waals surface area contributed by atoms with E-state index in [4.69, 9.17) is 11.6 Å². The molecule has 88 valence electrons. The van der Waals surface area contributed by atoms with Gasteiger partial charge >= 0.3 is 0 Å². The van der Waals surface area contributed by atoms with Crippen LogP contribution in [-0.2, 0) is 0 Å². The van der Waals surface area contributed by atoms with Gasteiger partial charge in [0.1, 0.15) is 0 Å². The van der Waals surface area contributed by atoms with E-state index in [2.05, 4.69) is 4.98 Å². The van der Waals surface area contributed by atoms with E-state index < -0.39 is 0 Å². The molecule has 0 N–H and O–H groups in total. The Morgan fingerprint density at radius 3 is 2.71 bits per heavy atom. The first-order chi connectivity index (χ1) is 8.13. The predicted molar refractivity (Wildman–Crippen MR) is 71.4 cm³/mol. The molecule has 0 saturated heterocycles. The van der Waals surface area contributed by atoms with Crippen molar-refractivity contribution >= 4 is 23.4 Å². The molecule has 0 spiro atoms. The normalized spacial score (nSPS) is 10.5. The lowest BCUT2D eigenvalue weighted by atomic mass is 10.3. The van der Waals surface area contributed by atoms with Gasteiger partial charge < -0.3 is 0 Å². The van der Waals surface area contributed by atoms with Gasteiger partial charge in [-0.05, 0) is 25.3 Å². The molecule has 0 amide bonds. The highest BCUT2D eigenvalue weighted by Crippen LogP contribution is 2.22. The van der Waals surface area contributed by atoms with Gasteiger partial charge in [-0.25, -0.2) is 4.98 Å². The van der Waals surface area contributed by atoms with Crippen LogP contribution in [0.2, 0.25) is 5.02 Å². The molecule has 0 radical (unpaired) electrons. The highest BCUT2D eigenvalue weighted by Gasteiger charge is 2.10. The minimum Gasteiger partial charge on any atom is -0.269 e. The molecular weight excluding hydrogens is 256 g/mol. The van der Waals surface area contributed by atoms with Crippen molar-refractivity contribution in [3.63, 3.8) is 0 Å². The molecular formula is C12H11ClN2OS. The van der Waals surface area contributed by atoms with E-state index in [1.165, 1.54) is 22.4 Å². The van der Waals surface area contributed by atoms with E-state index in [-0.39, 0.29) is 5.56 Å². The molecule has 1 aromatic carbocycles. The molecule has 17 heavy (non-hydrogen) atoms. The molecule has 0 bridgehead atoms. The summed E-state index contributed by atoms with van der Waals surface area (Å²) in [6, 6.07) is 8.74. The average Bonchev–Trinajstić information content (AvgIpc) is 2.29. The molecule has 0 aliphatic rings. The van der Waals surface area contributed by atoms with E-state index in [9.17, 15) is 4.79 Å². The number of benzene rings is 1. The summed E-state index contributed by atoms with van der Waals surface area (Å²) in [5.41, 5.74) is 1.26. The Bertz CT molecular complexity index is 610. The fraction of sp³-hybridized carbons (Fsp3) is 0.167. The van der Waals surface area contributed by atoms with Crippen LogP contribution in [0.5, 0.6) is 0 Å². The zero-order valence-electron chi connectivity index (χ0n) is 9.48. The van der Waals surface area contributed by atoms with E-state index in [1.807, 2.05) is 18.4 Å². The number of thioether (sulfide) groups is 1. The molecule has 5 heteroatoms. The minimum atomic E-state index is -0.116. The second kappa shape index (κ2) is 4.94. The molecule has 0 saturated carbocycles. The van der Waals surface area contributed by atoms with Crippen molar-refractivity contribution in [1.82, 2.24) is 9.55 Å². The lowest BCUT2D eigenvalue weighted by Gasteiger charge is -2.11. The van der Waals surface area contributed by atoms with Gasteiger partial charge in [0.25, 0.3) is 5.56 Å². The Kier molecular flexibility index (Phi) is 3.54. The van der Waals surface area contributed by atoms with Crippen LogP contribution in [0.25, 0.3) is 5.69 Å². The summed E-state index contributed by atoms with van der Waals surface area (Å²) in [4.78, 5) is 16.4. The molecule has 1 heterocycles. The number of hydrogen-bond donors (Lipinski definition) is 0. The van der Waals surface area contributed by atoms with Gasteiger partial charge in [-0.15, -0.1) is 0 Å². The summed E-state index contributed by atoms with van der Waals surface area (Å²) in [5.74, 6) is 0. The summed E-state index contributed by atoms with van der Waals surface area (Å²) in [6.45, 7) is 1.80. The van der Waals surface area contributed by atoms with Crippen LogP contribution >= 0.6 is 23.4 Å². The molecule has 0 aliphatic heterocycles. The number of hydrogen-bond acceptors (Lipinski definition) is 3. The number of halogens is 1. The lowest BCUT2D eigenvalue weighted by molar-refractivity contribution is 0.782. The van der Waals surface area contributed by atoms with Crippen molar-refractivity contribution in [2.24, 2.45) is 0 Å². The molecule has 1 aromatic heterocycles. The Morgan fingerprint density at radius 2 is 2.06 bits per heavy atom. The van der Waals surface area contributed by atoms with Crippen molar-refractivity contribution in [3.05, 3.63) is 51.4 Å². The maximum Gasteiger partial charge on any atom is 0.259 e. The van der Waals surface area contributed by atoms with E-state index >= 15 is 0 Å². The Balaban J connectivity index is 2.76. The van der Waals surface area contributed by atoms with E-state index in [0.717, 1.165) is 0 Å². The topological polar surface area (TPSA) is 34.9 Å². The zero-order valence-corrected chi connectivity index (χ0v) is 11.0. The molecule has 0 fully saturated rings. The number of rotatable bonds is 2. The van der Waals surface area contributed by atoms with Gasteiger partial charge in [0.05, 0.1) is 10.7 Å². The van der Waals surface area contributed by atoms with Crippen molar-refractivity contribution in [1.29, 1.82) is 0 Å². The van der Waals surface area contributed by atoms with Crippen LogP contribution in [0.15, 0.2) is 40.3 Å². The van der Waals surface area contributed by atoms with Crippen LogP contribution in [-0.4, -0.2) is 15.8 Å². The summed E-state index contributed by atoms with van der Waals surface area (Å²) in [5, 5.41) is 1.18. The quantitative estimate of drug-likeness (QED) is 0.619. The van der Waals surface area contributed by atoms with Gasteiger partial charge in [0.15, 0.2) is 5.16 Å². The third-order valence-corrected chi connectivity index (χ3v) is 3.25. The third-order valence-electron chi connectivity index (χ3n) is 2.29. The maximum atomic E-state index is 12.0. The molecule has 3 nitrogen and oxygen atoms in total. The molecule has 0 aliphatic carbocycles. The molecule has 2 rings (SSSR count). The number of nitrogens with zero attached hydrogens (tertiary/aromatic N) is 2.